The lowest BCUT2D eigenvalue weighted by Gasteiger charge is -2.31. The van der Waals surface area contributed by atoms with Gasteiger partial charge in [-0.3, -0.25) is 4.99 Å². The van der Waals surface area contributed by atoms with Gasteiger partial charge in [-0.25, -0.2) is 0 Å². The molecule has 0 radical (unpaired) electrons. The Bertz CT molecular complexity index is 608. The predicted octanol–water partition coefficient (Wildman–Crippen LogP) is 2.32. The van der Waals surface area contributed by atoms with Gasteiger partial charge in [-0.2, -0.15) is 0 Å². The van der Waals surface area contributed by atoms with Gasteiger partial charge in [0.15, 0.2) is 5.69 Å². The number of anilines is 1. The zero-order chi connectivity index (χ0) is 16.7. The van der Waals surface area contributed by atoms with E-state index < -0.39 is 0 Å². The molecule has 1 aliphatic rings. The summed E-state index contributed by atoms with van der Waals surface area (Å²) < 4.78 is 10.7. The SMILES string of the molecule is CCN=CC(=CN)c1cc(N=O)c(OC)cc1N1CCOCC1. The van der Waals surface area contributed by atoms with Crippen LogP contribution in [0, 0.1) is 4.91 Å². The Labute approximate surface area is 135 Å². The molecular formula is C16H22N4O3. The molecule has 0 saturated carbocycles. The second kappa shape index (κ2) is 8.28. The number of aliphatic imine (C=N–C) groups is 1. The molecule has 7 nitrogen and oxygen atoms in total. The fraction of sp³-hybridized carbons (Fsp3) is 0.438. The van der Waals surface area contributed by atoms with Crippen molar-refractivity contribution in [3.05, 3.63) is 28.8 Å². The molecule has 0 amide bonds. The van der Waals surface area contributed by atoms with Crippen LogP contribution in [0.5, 0.6) is 5.75 Å². The largest absolute Gasteiger partial charge is 0.494 e. The number of nitrogens with two attached hydrogens (primary N) is 1. The molecule has 1 aromatic carbocycles. The molecule has 2 N–H and O–H groups in total. The van der Waals surface area contributed by atoms with Crippen LogP contribution < -0.4 is 15.4 Å². The van der Waals surface area contributed by atoms with Crippen LogP contribution in [0.1, 0.15) is 12.5 Å². The minimum Gasteiger partial charge on any atom is -0.494 e. The standard InChI is InChI=1S/C16H22N4O3/c1-3-18-11-12(10-17)13-8-14(19-21)16(22-2)9-15(13)20-4-6-23-7-5-20/h8-11H,3-7,17H2,1-2H3. The molecule has 1 aromatic rings. The summed E-state index contributed by atoms with van der Waals surface area (Å²) in [4.78, 5) is 17.5. The first-order chi connectivity index (χ1) is 11.2. The summed E-state index contributed by atoms with van der Waals surface area (Å²) in [5.74, 6) is 0.439. The highest BCUT2D eigenvalue weighted by molar-refractivity contribution is 6.12. The van der Waals surface area contributed by atoms with Crippen molar-refractivity contribution in [2.75, 3.05) is 44.9 Å². The average Bonchev–Trinajstić information content (AvgIpc) is 2.62. The van der Waals surface area contributed by atoms with Crippen LogP contribution in [0.2, 0.25) is 0 Å². The van der Waals surface area contributed by atoms with Crippen LogP contribution in [-0.4, -0.2) is 46.2 Å². The van der Waals surface area contributed by atoms with Crippen molar-refractivity contribution < 1.29 is 9.47 Å². The molecule has 1 saturated heterocycles. The molecule has 7 heteroatoms. The van der Waals surface area contributed by atoms with Gasteiger partial charge in [0.25, 0.3) is 0 Å². The number of hydrogen-bond donors (Lipinski definition) is 1. The first-order valence-corrected chi connectivity index (χ1v) is 7.55. The van der Waals surface area contributed by atoms with Crippen molar-refractivity contribution in [3.8, 4) is 5.75 Å². The maximum atomic E-state index is 11.1. The zero-order valence-corrected chi connectivity index (χ0v) is 13.5. The quantitative estimate of drug-likeness (QED) is 0.642. The van der Waals surface area contributed by atoms with Crippen molar-refractivity contribution in [1.82, 2.24) is 0 Å². The Balaban J connectivity index is 2.55. The molecule has 0 aromatic heterocycles. The molecule has 0 bridgehead atoms. The van der Waals surface area contributed by atoms with Crippen LogP contribution in [-0.2, 0) is 4.74 Å². The minimum atomic E-state index is 0.240. The van der Waals surface area contributed by atoms with E-state index in [2.05, 4.69) is 15.1 Å². The van der Waals surface area contributed by atoms with Crippen LogP contribution in [0.15, 0.2) is 28.5 Å². The molecule has 0 atom stereocenters. The topological polar surface area (TPSA) is 89.5 Å². The normalized spacial score (nSPS) is 15.9. The number of ether oxygens (including phenoxy) is 2. The summed E-state index contributed by atoms with van der Waals surface area (Å²) in [6.07, 6.45) is 3.19. The van der Waals surface area contributed by atoms with Crippen molar-refractivity contribution in [2.24, 2.45) is 15.9 Å². The van der Waals surface area contributed by atoms with E-state index >= 15 is 0 Å². The van der Waals surface area contributed by atoms with Gasteiger partial charge in [0.2, 0.25) is 0 Å². The van der Waals surface area contributed by atoms with Crippen LogP contribution in [0.4, 0.5) is 11.4 Å². The van der Waals surface area contributed by atoms with Gasteiger partial charge in [0, 0.05) is 54.9 Å². The summed E-state index contributed by atoms with van der Waals surface area (Å²) >= 11 is 0. The Morgan fingerprint density at radius 3 is 2.74 bits per heavy atom. The molecule has 0 unspecified atom stereocenters. The molecular weight excluding hydrogens is 296 g/mol. The number of hydrogen-bond acceptors (Lipinski definition) is 7. The number of methoxy groups -OCH3 is 1. The van der Waals surface area contributed by atoms with E-state index in [1.807, 2.05) is 13.0 Å². The van der Waals surface area contributed by atoms with E-state index in [1.54, 1.807) is 12.3 Å². The zero-order valence-electron chi connectivity index (χ0n) is 13.5. The maximum Gasteiger partial charge on any atom is 0.150 e. The van der Waals surface area contributed by atoms with E-state index in [-0.39, 0.29) is 5.69 Å². The second-order valence-corrected chi connectivity index (χ2v) is 4.98. The van der Waals surface area contributed by atoms with E-state index in [1.165, 1.54) is 13.3 Å². The third-order valence-electron chi connectivity index (χ3n) is 3.65. The summed E-state index contributed by atoms with van der Waals surface area (Å²) in [5.41, 5.74) is 8.48. The van der Waals surface area contributed by atoms with Gasteiger partial charge in [-0.15, -0.1) is 4.91 Å². The number of morpholine rings is 1. The maximum absolute atomic E-state index is 11.1. The van der Waals surface area contributed by atoms with E-state index in [0.717, 1.165) is 29.9 Å². The number of allylic oxidation sites excluding steroid dienone is 1. The summed E-state index contributed by atoms with van der Waals surface area (Å²) in [6.45, 7) is 5.42. The highest BCUT2D eigenvalue weighted by Crippen LogP contribution is 2.38. The number of nitrogens with zero attached hydrogens (tertiary/aromatic N) is 3. The predicted molar refractivity (Wildman–Crippen MR) is 92.7 cm³/mol. The van der Waals surface area contributed by atoms with Gasteiger partial charge in [-0.1, -0.05) is 0 Å². The molecule has 2 rings (SSSR count). The number of benzene rings is 1. The van der Waals surface area contributed by atoms with Crippen molar-refractivity contribution in [3.63, 3.8) is 0 Å². The monoisotopic (exact) mass is 318 g/mol. The molecule has 1 aliphatic heterocycles. The van der Waals surface area contributed by atoms with Crippen LogP contribution >= 0.6 is 0 Å². The first-order valence-electron chi connectivity index (χ1n) is 7.55. The Hall–Kier alpha value is -2.41. The lowest BCUT2D eigenvalue weighted by Crippen LogP contribution is -2.36. The third kappa shape index (κ3) is 3.87. The Kier molecular flexibility index (Phi) is 6.10. The average molecular weight is 318 g/mol. The fourth-order valence-corrected chi connectivity index (χ4v) is 2.48. The fourth-order valence-electron chi connectivity index (χ4n) is 2.48. The smallest absolute Gasteiger partial charge is 0.150 e. The second-order valence-electron chi connectivity index (χ2n) is 4.98. The molecule has 0 spiro atoms. The van der Waals surface area contributed by atoms with E-state index in [4.69, 9.17) is 15.2 Å². The molecule has 0 aliphatic carbocycles. The van der Waals surface area contributed by atoms with E-state index in [0.29, 0.717) is 25.5 Å². The minimum absolute atomic E-state index is 0.240. The van der Waals surface area contributed by atoms with Gasteiger partial charge >= 0.3 is 0 Å². The van der Waals surface area contributed by atoms with Crippen LogP contribution in [0.25, 0.3) is 5.57 Å². The van der Waals surface area contributed by atoms with Gasteiger partial charge < -0.3 is 20.1 Å². The van der Waals surface area contributed by atoms with E-state index in [9.17, 15) is 4.91 Å². The first kappa shape index (κ1) is 17.0. The van der Waals surface area contributed by atoms with Gasteiger partial charge in [-0.05, 0) is 18.2 Å². The van der Waals surface area contributed by atoms with Gasteiger partial charge in [0.1, 0.15) is 5.75 Å². The summed E-state index contributed by atoms with van der Waals surface area (Å²) in [5, 5.41) is 3.05. The van der Waals surface area contributed by atoms with Crippen molar-refractivity contribution in [1.29, 1.82) is 0 Å². The summed E-state index contributed by atoms with van der Waals surface area (Å²) in [7, 11) is 1.52. The Morgan fingerprint density at radius 2 is 2.17 bits per heavy atom. The highest BCUT2D eigenvalue weighted by atomic mass is 16.5. The van der Waals surface area contributed by atoms with Gasteiger partial charge in [0.05, 0.1) is 20.3 Å². The highest BCUT2D eigenvalue weighted by Gasteiger charge is 2.20. The Morgan fingerprint density at radius 1 is 1.43 bits per heavy atom. The number of rotatable bonds is 6. The van der Waals surface area contributed by atoms with Crippen molar-refractivity contribution in [2.45, 2.75) is 6.92 Å². The summed E-state index contributed by atoms with van der Waals surface area (Å²) in [6, 6.07) is 3.51. The molecule has 124 valence electrons. The number of nitroso groups, excluding NO2 is 1. The van der Waals surface area contributed by atoms with Crippen LogP contribution in [0.3, 0.4) is 0 Å². The lowest BCUT2D eigenvalue weighted by molar-refractivity contribution is 0.122. The third-order valence-corrected chi connectivity index (χ3v) is 3.65. The lowest BCUT2D eigenvalue weighted by atomic mass is 10.0. The van der Waals surface area contributed by atoms with Crippen molar-refractivity contribution >= 4 is 23.2 Å². The molecule has 1 fully saturated rings. The molecule has 1 heterocycles. The molecule has 23 heavy (non-hydrogen) atoms.